The molecule has 1 aromatic carbocycles. The number of anilines is 2. The van der Waals surface area contributed by atoms with Crippen LogP contribution in [0.5, 0.6) is 0 Å². The van der Waals surface area contributed by atoms with Crippen molar-refractivity contribution in [2.75, 3.05) is 49.2 Å². The van der Waals surface area contributed by atoms with Gasteiger partial charge in [0.1, 0.15) is 18.5 Å². The van der Waals surface area contributed by atoms with E-state index in [9.17, 15) is 24.0 Å². The summed E-state index contributed by atoms with van der Waals surface area (Å²) in [5, 5.41) is 2.74. The van der Waals surface area contributed by atoms with Crippen molar-refractivity contribution in [3.05, 3.63) is 45.4 Å². The molecule has 2 saturated heterocycles. The number of amides is 5. The topological polar surface area (TPSA) is 152 Å². The van der Waals surface area contributed by atoms with Gasteiger partial charge < -0.3 is 25.4 Å². The third-order valence-electron chi connectivity index (χ3n) is 7.25. The van der Waals surface area contributed by atoms with Crippen molar-refractivity contribution in [1.29, 1.82) is 0 Å². The molecule has 12 nitrogen and oxygen atoms in total. The molecule has 0 bridgehead atoms. The maximum absolute atomic E-state index is 15.2. The lowest BCUT2D eigenvalue weighted by Gasteiger charge is -2.27. The van der Waals surface area contributed by atoms with E-state index in [2.05, 4.69) is 5.32 Å². The Hall–Kier alpha value is -3.59. The molecule has 0 radical (unpaired) electrons. The first kappa shape index (κ1) is 33.3. The number of hydrogen-bond donors (Lipinski definition) is 2. The molecular weight excluding hydrogens is 617 g/mol. The van der Waals surface area contributed by atoms with Gasteiger partial charge >= 0.3 is 6.09 Å². The summed E-state index contributed by atoms with van der Waals surface area (Å²) in [6, 6.07) is 6.49. The quantitative estimate of drug-likeness (QED) is 0.332. The molecule has 0 aliphatic carbocycles. The van der Waals surface area contributed by atoms with E-state index in [1.54, 1.807) is 6.07 Å². The van der Waals surface area contributed by atoms with E-state index in [0.29, 0.717) is 36.0 Å². The molecule has 238 valence electrons. The van der Waals surface area contributed by atoms with Gasteiger partial charge in [-0.25, -0.2) is 9.18 Å². The fourth-order valence-electron chi connectivity index (χ4n) is 4.72. The number of imide groups is 1. The number of nitrogens with one attached hydrogen (secondary N) is 1. The summed E-state index contributed by atoms with van der Waals surface area (Å²) in [4.78, 5) is 67.3. The minimum absolute atomic E-state index is 0.00230. The zero-order valence-corrected chi connectivity index (χ0v) is 26.0. The monoisotopic (exact) mass is 651 g/mol. The van der Waals surface area contributed by atoms with Crippen molar-refractivity contribution in [1.82, 2.24) is 10.2 Å². The van der Waals surface area contributed by atoms with Crippen LogP contribution in [0.2, 0.25) is 4.34 Å². The van der Waals surface area contributed by atoms with Gasteiger partial charge in [-0.2, -0.15) is 0 Å². The summed E-state index contributed by atoms with van der Waals surface area (Å²) < 4.78 is 26.1. The van der Waals surface area contributed by atoms with E-state index >= 15 is 4.39 Å². The number of hydrogen-bond acceptors (Lipinski definition) is 9. The number of halogens is 2. The van der Waals surface area contributed by atoms with Crippen LogP contribution in [0.3, 0.4) is 0 Å². The molecule has 0 unspecified atom stereocenters. The van der Waals surface area contributed by atoms with Crippen molar-refractivity contribution >= 4 is 64.0 Å². The molecule has 4 rings (SSSR count). The average Bonchev–Trinajstić information content (AvgIpc) is 3.59. The maximum atomic E-state index is 15.2. The summed E-state index contributed by atoms with van der Waals surface area (Å²) in [6.07, 6.45) is -0.907. The second kappa shape index (κ2) is 14.9. The van der Waals surface area contributed by atoms with Gasteiger partial charge in [0.25, 0.3) is 11.8 Å². The molecule has 1 aromatic heterocycles. The molecule has 3 heterocycles. The van der Waals surface area contributed by atoms with Crippen LogP contribution in [-0.2, 0) is 23.9 Å². The second-order valence-corrected chi connectivity index (χ2v) is 12.5. The molecule has 2 atom stereocenters. The molecule has 2 aromatic rings. The fraction of sp³-hybridized carbons (Fsp3) is 0.483. The SMILES string of the molecule is CC(C)[C@H](N)C(=O)NCCCCC(=O)N(C[C@H]1CN(c2ccc(N3CCOCC3=O)cc2F)C(=O)O1)C(=O)c1ccc(Cl)s1. The number of rotatable bonds is 12. The predicted molar refractivity (Wildman–Crippen MR) is 162 cm³/mol. The molecular formula is C29H35ClFN5O7S. The Kier molecular flexibility index (Phi) is 11.3. The first-order valence-corrected chi connectivity index (χ1v) is 15.4. The average molecular weight is 652 g/mol. The van der Waals surface area contributed by atoms with E-state index < -0.39 is 35.9 Å². The molecule has 0 saturated carbocycles. The minimum Gasteiger partial charge on any atom is -0.442 e. The van der Waals surface area contributed by atoms with E-state index in [1.165, 1.54) is 23.1 Å². The Balaban J connectivity index is 1.40. The van der Waals surface area contributed by atoms with Crippen LogP contribution in [0, 0.1) is 11.7 Å². The van der Waals surface area contributed by atoms with Crippen LogP contribution in [0.15, 0.2) is 30.3 Å². The van der Waals surface area contributed by atoms with Gasteiger partial charge in [-0.3, -0.25) is 29.0 Å². The first-order chi connectivity index (χ1) is 21.0. The Morgan fingerprint density at radius 3 is 2.61 bits per heavy atom. The number of ether oxygens (including phenoxy) is 2. The third-order valence-corrected chi connectivity index (χ3v) is 8.47. The maximum Gasteiger partial charge on any atom is 0.414 e. The van der Waals surface area contributed by atoms with Crippen LogP contribution in [0.4, 0.5) is 20.6 Å². The van der Waals surface area contributed by atoms with Gasteiger partial charge in [-0.15, -0.1) is 11.3 Å². The zero-order chi connectivity index (χ0) is 32.0. The standard InChI is InChI=1S/C29H35ClFN5O7S/c1-17(2)26(32)27(39)33-10-4-3-5-24(37)36(28(40)22-8-9-23(30)44-22)15-19-14-35(29(41)43-19)21-7-6-18(13-20(21)31)34-11-12-42-16-25(34)38/h6-9,13,17,19,26H,3-5,10-12,14-16,32H2,1-2H3,(H,33,39)/t19-,26+/m1/s1. The highest BCUT2D eigenvalue weighted by Crippen LogP contribution is 2.30. The van der Waals surface area contributed by atoms with Gasteiger partial charge in [0.05, 0.1) is 40.6 Å². The van der Waals surface area contributed by atoms with Gasteiger partial charge in [-0.05, 0) is 49.1 Å². The van der Waals surface area contributed by atoms with Crippen molar-refractivity contribution < 1.29 is 37.8 Å². The second-order valence-electron chi connectivity index (χ2n) is 10.8. The van der Waals surface area contributed by atoms with Crippen molar-refractivity contribution in [2.45, 2.75) is 45.3 Å². The van der Waals surface area contributed by atoms with Crippen molar-refractivity contribution in [2.24, 2.45) is 11.7 Å². The van der Waals surface area contributed by atoms with E-state index in [4.69, 9.17) is 26.8 Å². The number of carbonyl (C=O) groups excluding carboxylic acids is 5. The molecule has 15 heteroatoms. The molecule has 0 spiro atoms. The number of nitrogens with zero attached hydrogens (tertiary/aromatic N) is 3. The van der Waals surface area contributed by atoms with Crippen LogP contribution < -0.4 is 20.9 Å². The number of unbranched alkanes of at least 4 members (excludes halogenated alkanes) is 1. The van der Waals surface area contributed by atoms with Gasteiger partial charge in [-0.1, -0.05) is 25.4 Å². The summed E-state index contributed by atoms with van der Waals surface area (Å²) in [5.41, 5.74) is 6.12. The highest BCUT2D eigenvalue weighted by molar-refractivity contribution is 7.18. The van der Waals surface area contributed by atoms with Gasteiger partial charge in [0.15, 0.2) is 0 Å². The van der Waals surface area contributed by atoms with E-state index in [-0.39, 0.29) is 61.0 Å². The molecule has 2 fully saturated rings. The summed E-state index contributed by atoms with van der Waals surface area (Å²) in [6.45, 7) is 4.15. The predicted octanol–water partition coefficient (Wildman–Crippen LogP) is 3.17. The van der Waals surface area contributed by atoms with Crippen LogP contribution >= 0.6 is 22.9 Å². The Morgan fingerprint density at radius 2 is 1.95 bits per heavy atom. The number of cyclic esters (lactones) is 1. The van der Waals surface area contributed by atoms with Crippen LogP contribution in [0.25, 0.3) is 0 Å². The van der Waals surface area contributed by atoms with Crippen molar-refractivity contribution in [3.8, 4) is 0 Å². The first-order valence-electron chi connectivity index (χ1n) is 14.3. The summed E-state index contributed by atoms with van der Waals surface area (Å²) in [7, 11) is 0. The Morgan fingerprint density at radius 1 is 1.18 bits per heavy atom. The number of carbonyl (C=O) groups is 5. The lowest BCUT2D eigenvalue weighted by atomic mass is 10.1. The largest absolute Gasteiger partial charge is 0.442 e. The molecule has 3 N–H and O–H groups in total. The summed E-state index contributed by atoms with van der Waals surface area (Å²) in [5.74, 6) is -2.41. The number of morpholine rings is 1. The van der Waals surface area contributed by atoms with Gasteiger partial charge in [0, 0.05) is 25.2 Å². The van der Waals surface area contributed by atoms with Crippen LogP contribution in [0.1, 0.15) is 42.8 Å². The number of thiophene rings is 1. The number of benzene rings is 1. The summed E-state index contributed by atoms with van der Waals surface area (Å²) >= 11 is 7.03. The zero-order valence-electron chi connectivity index (χ0n) is 24.4. The van der Waals surface area contributed by atoms with E-state index in [0.717, 1.165) is 27.2 Å². The molecule has 44 heavy (non-hydrogen) atoms. The molecule has 2 aliphatic rings. The Labute approximate surface area is 263 Å². The lowest BCUT2D eigenvalue weighted by molar-refractivity contribution is -0.129. The third kappa shape index (κ3) is 8.11. The molecule has 2 aliphatic heterocycles. The molecule has 5 amide bonds. The highest BCUT2D eigenvalue weighted by atomic mass is 35.5. The van der Waals surface area contributed by atoms with E-state index in [1.807, 2.05) is 13.8 Å². The van der Waals surface area contributed by atoms with Gasteiger partial charge in [0.2, 0.25) is 11.8 Å². The van der Waals surface area contributed by atoms with Crippen molar-refractivity contribution in [3.63, 3.8) is 0 Å². The minimum atomic E-state index is -0.928. The lowest BCUT2D eigenvalue weighted by Crippen LogP contribution is -2.44. The number of nitrogens with two attached hydrogens (primary N) is 1. The highest BCUT2D eigenvalue weighted by Gasteiger charge is 2.38. The Bertz CT molecular complexity index is 1410. The normalized spacial score (nSPS) is 17.5. The fourth-order valence-corrected chi connectivity index (χ4v) is 5.71. The smallest absolute Gasteiger partial charge is 0.414 e. The van der Waals surface area contributed by atoms with Crippen LogP contribution in [-0.4, -0.2) is 86.2 Å².